The van der Waals surface area contributed by atoms with Gasteiger partial charge in [-0.1, -0.05) is 89.1 Å². The first-order valence-electron chi connectivity index (χ1n) is 21.6. The minimum Gasteiger partial charge on any atom is -0.383 e. The molecular weight excluding hydrogens is 653 g/mol. The van der Waals surface area contributed by atoms with Crippen molar-refractivity contribution in [3.63, 3.8) is 0 Å². The van der Waals surface area contributed by atoms with Crippen molar-refractivity contribution < 1.29 is 15.0 Å². The number of allylic oxidation sites excluding steroid dienone is 6. The molecule has 8 aliphatic rings. The maximum absolute atomic E-state index is 12.3. The van der Waals surface area contributed by atoms with Crippen LogP contribution in [0.2, 0.25) is 0 Å². The number of rotatable bonds is 3. The topological polar surface area (TPSA) is 73.1 Å². The van der Waals surface area contributed by atoms with E-state index >= 15 is 0 Å². The summed E-state index contributed by atoms with van der Waals surface area (Å²) in [5, 5.41) is 29.6. The Bertz CT molecular complexity index is 1640. The highest BCUT2D eigenvalue weighted by Gasteiger charge is 2.67. The van der Waals surface area contributed by atoms with Crippen LogP contribution in [0.1, 0.15) is 145 Å². The predicted molar refractivity (Wildman–Crippen MR) is 218 cm³/mol. The first-order valence-corrected chi connectivity index (χ1v) is 21.6. The van der Waals surface area contributed by atoms with Crippen molar-refractivity contribution >= 4 is 11.5 Å². The van der Waals surface area contributed by atoms with E-state index in [0.717, 1.165) is 68.9 Å². The van der Waals surface area contributed by atoms with Crippen LogP contribution in [0.25, 0.3) is 0 Å². The molecule has 0 aliphatic heterocycles. The molecular formula is C48H74N2O3. The Balaban J connectivity index is 0.000000165. The largest absolute Gasteiger partial charge is 0.383 e. The van der Waals surface area contributed by atoms with Crippen LogP contribution in [0.5, 0.6) is 0 Å². The average molecular weight is 727 g/mol. The maximum Gasteiger partial charge on any atom is 0.161 e. The van der Waals surface area contributed by atoms with Gasteiger partial charge in [-0.2, -0.15) is 5.10 Å². The van der Waals surface area contributed by atoms with E-state index < -0.39 is 11.2 Å². The van der Waals surface area contributed by atoms with Gasteiger partial charge < -0.3 is 15.2 Å². The van der Waals surface area contributed by atoms with Crippen LogP contribution in [0, 0.1) is 69.0 Å². The number of ketones is 1. The molecule has 8 rings (SSSR count). The molecule has 0 bridgehead atoms. The van der Waals surface area contributed by atoms with Gasteiger partial charge in [0.15, 0.2) is 5.78 Å². The number of aliphatic hydroxyl groups is 2. The average Bonchev–Trinajstić information content (AvgIpc) is 3.53. The van der Waals surface area contributed by atoms with Crippen molar-refractivity contribution in [3.05, 3.63) is 47.6 Å². The molecule has 0 aromatic heterocycles. The van der Waals surface area contributed by atoms with E-state index in [9.17, 15) is 15.0 Å². The number of carbonyl (C=O) groups is 1. The SMILES string of the molecule is C=C1C=C2[C@@H](C)C[C@@H]3[C@H](CC[C@@]4(C)[C@H]3CC[C@]4(O)/C(C)=N\N(C)C)[C@@]2(C)CC1.C=C1C=C2[C@@H](C)C[C@@H]3[C@H](CC[C@@]4(C)[C@H]3CC[C@]4(O)C(C)=O)[C@@]2(C)CC1. The number of Topliss-reactive ketones (excluding diaryl/α,β-unsaturated/α-hetero) is 1. The Labute approximate surface area is 322 Å². The van der Waals surface area contributed by atoms with Gasteiger partial charge in [0, 0.05) is 24.9 Å². The normalized spacial score (nSPS) is 50.2. The number of nitrogens with zero attached hydrogens (tertiary/aromatic N) is 2. The molecule has 2 N–H and O–H groups in total. The van der Waals surface area contributed by atoms with Crippen molar-refractivity contribution in [2.24, 2.45) is 74.1 Å². The predicted octanol–water partition coefficient (Wildman–Crippen LogP) is 10.5. The minimum absolute atomic E-state index is 0.0134. The lowest BCUT2D eigenvalue weighted by Gasteiger charge is -2.60. The number of carbonyl (C=O) groups excluding carboxylic acids is 1. The number of fused-ring (bicyclic) bond motifs is 10. The smallest absolute Gasteiger partial charge is 0.161 e. The fourth-order valence-electron chi connectivity index (χ4n) is 15.7. The van der Waals surface area contributed by atoms with Crippen LogP contribution >= 0.6 is 0 Å². The van der Waals surface area contributed by atoms with Gasteiger partial charge in [-0.25, -0.2) is 0 Å². The van der Waals surface area contributed by atoms with Crippen LogP contribution in [-0.4, -0.2) is 52.0 Å². The molecule has 0 heterocycles. The highest BCUT2D eigenvalue weighted by Crippen LogP contribution is 2.70. The van der Waals surface area contributed by atoms with Crippen molar-refractivity contribution in [1.29, 1.82) is 0 Å². The molecule has 6 fully saturated rings. The van der Waals surface area contributed by atoms with Gasteiger partial charge in [0.25, 0.3) is 0 Å². The van der Waals surface area contributed by atoms with E-state index in [2.05, 4.69) is 72.0 Å². The zero-order valence-electron chi connectivity index (χ0n) is 35.3. The van der Waals surface area contributed by atoms with Gasteiger partial charge in [0.05, 0.1) is 5.71 Å². The summed E-state index contributed by atoms with van der Waals surface area (Å²) in [5.41, 5.74) is 5.33. The molecule has 0 saturated heterocycles. The van der Waals surface area contributed by atoms with Crippen LogP contribution < -0.4 is 0 Å². The Kier molecular flexibility index (Phi) is 9.66. The van der Waals surface area contributed by atoms with E-state index in [1.165, 1.54) is 43.3 Å². The molecule has 0 aromatic rings. The molecule has 294 valence electrons. The van der Waals surface area contributed by atoms with E-state index in [1.807, 2.05) is 26.0 Å². The standard InChI is InChI=1S/C25H40N2O.C23H34O2/c1-16-8-11-23(4)20-9-12-24(5)21(19(20)15-17(2)22(23)14-16)10-13-25(24,28)18(3)26-27(6)7;1-14-6-9-21(4)18-7-10-22(5)19(8-11-23(22,25)16(3)24)17(18)13-15(2)20(21)12-14/h14,17,19-21,28H,1,8-13,15H2,2-7H3;12,15,17-19,25H,1,6-11,13H2,2-5H3/b26-18-;/t17-,19+,20-,21-,23+,24-,25-;15-,17+,18-,19-,21+,22-,23-/m00/s1. The van der Waals surface area contributed by atoms with Crippen molar-refractivity contribution in [2.75, 3.05) is 14.1 Å². The lowest BCUT2D eigenvalue weighted by atomic mass is 9.44. The van der Waals surface area contributed by atoms with E-state index in [-0.39, 0.29) is 16.6 Å². The molecule has 0 unspecified atom stereocenters. The summed E-state index contributed by atoms with van der Waals surface area (Å²) in [6.07, 6.45) is 20.3. The Morgan fingerprint density at radius 1 is 0.679 bits per heavy atom. The Morgan fingerprint density at radius 2 is 1.08 bits per heavy atom. The minimum atomic E-state index is -1.09. The third-order valence-electron chi connectivity index (χ3n) is 18.6. The molecule has 14 atom stereocenters. The van der Waals surface area contributed by atoms with E-state index in [4.69, 9.17) is 0 Å². The Hall–Kier alpha value is -1.98. The zero-order valence-corrected chi connectivity index (χ0v) is 35.3. The summed E-state index contributed by atoms with van der Waals surface area (Å²) in [6, 6.07) is 0. The molecule has 53 heavy (non-hydrogen) atoms. The molecule has 0 aromatic carbocycles. The van der Waals surface area contributed by atoms with Gasteiger partial charge in [-0.3, -0.25) is 4.79 Å². The number of hydrogen-bond acceptors (Lipinski definition) is 5. The first kappa shape index (κ1) is 39.3. The summed E-state index contributed by atoms with van der Waals surface area (Å²) < 4.78 is 0. The summed E-state index contributed by atoms with van der Waals surface area (Å²) in [6.45, 7) is 26.6. The highest BCUT2D eigenvalue weighted by molar-refractivity contribution is 5.91. The third-order valence-corrected chi connectivity index (χ3v) is 18.6. The zero-order chi connectivity index (χ0) is 38.7. The van der Waals surface area contributed by atoms with Gasteiger partial charge in [0.1, 0.15) is 11.2 Å². The number of hydrazone groups is 1. The third kappa shape index (κ3) is 5.56. The fraction of sp³-hybridized carbons (Fsp3) is 0.792. The van der Waals surface area contributed by atoms with Crippen LogP contribution in [-0.2, 0) is 4.79 Å². The summed E-state index contributed by atoms with van der Waals surface area (Å²) in [5.74, 6) is 5.15. The highest BCUT2D eigenvalue weighted by atomic mass is 16.3. The maximum atomic E-state index is 12.3. The van der Waals surface area contributed by atoms with Crippen LogP contribution in [0.4, 0.5) is 0 Å². The molecule has 0 amide bonds. The Morgan fingerprint density at radius 3 is 1.49 bits per heavy atom. The quantitative estimate of drug-likeness (QED) is 0.224. The molecule has 0 radical (unpaired) electrons. The first-order chi connectivity index (χ1) is 24.7. The lowest BCUT2D eigenvalue weighted by Crippen LogP contribution is -2.57. The van der Waals surface area contributed by atoms with Gasteiger partial charge in [-0.15, -0.1) is 0 Å². The van der Waals surface area contributed by atoms with Crippen LogP contribution in [0.3, 0.4) is 0 Å². The molecule has 0 spiro atoms. The van der Waals surface area contributed by atoms with Crippen molar-refractivity contribution in [1.82, 2.24) is 5.01 Å². The fourth-order valence-corrected chi connectivity index (χ4v) is 15.7. The lowest BCUT2D eigenvalue weighted by molar-refractivity contribution is -0.160. The van der Waals surface area contributed by atoms with Gasteiger partial charge in [0.2, 0.25) is 0 Å². The second-order valence-corrected chi connectivity index (χ2v) is 21.2. The van der Waals surface area contributed by atoms with Crippen molar-refractivity contribution in [2.45, 2.75) is 156 Å². The molecule has 5 heteroatoms. The second kappa shape index (κ2) is 13.0. The summed E-state index contributed by atoms with van der Waals surface area (Å²) in [4.78, 5) is 12.3. The molecule has 6 saturated carbocycles. The van der Waals surface area contributed by atoms with E-state index in [0.29, 0.717) is 52.8 Å². The summed E-state index contributed by atoms with van der Waals surface area (Å²) >= 11 is 0. The summed E-state index contributed by atoms with van der Waals surface area (Å²) in [7, 11) is 3.90. The van der Waals surface area contributed by atoms with Gasteiger partial charge >= 0.3 is 0 Å². The molecule has 5 nitrogen and oxygen atoms in total. The second-order valence-electron chi connectivity index (χ2n) is 21.2. The van der Waals surface area contributed by atoms with Gasteiger partial charge in [-0.05, 0) is 162 Å². The van der Waals surface area contributed by atoms with Crippen molar-refractivity contribution in [3.8, 4) is 0 Å². The monoisotopic (exact) mass is 727 g/mol. The number of hydrogen-bond donors (Lipinski definition) is 2. The molecule has 8 aliphatic carbocycles. The van der Waals surface area contributed by atoms with E-state index in [1.54, 1.807) is 18.1 Å². The van der Waals surface area contributed by atoms with Crippen LogP contribution in [0.15, 0.2) is 52.7 Å².